The van der Waals surface area contributed by atoms with Gasteiger partial charge in [0.1, 0.15) is 6.04 Å². The van der Waals surface area contributed by atoms with Crippen LogP contribution in [0.15, 0.2) is 46.1 Å². The molecule has 4 rings (SSSR count). The molecule has 1 aromatic rings. The maximum atomic E-state index is 13.1. The Morgan fingerprint density at radius 2 is 2.15 bits per heavy atom. The lowest BCUT2D eigenvalue weighted by Gasteiger charge is -2.31. The van der Waals surface area contributed by atoms with Crippen molar-refractivity contribution in [1.82, 2.24) is 9.88 Å². The fourth-order valence-corrected chi connectivity index (χ4v) is 4.87. The molecule has 0 spiro atoms. The van der Waals surface area contributed by atoms with Crippen molar-refractivity contribution in [3.63, 3.8) is 0 Å². The lowest BCUT2D eigenvalue weighted by atomic mass is 9.84. The number of nitrogens with one attached hydrogen (secondary N) is 1. The molecule has 0 saturated heterocycles. The van der Waals surface area contributed by atoms with E-state index in [0.717, 1.165) is 17.6 Å². The first kappa shape index (κ1) is 18.4. The van der Waals surface area contributed by atoms with Gasteiger partial charge < -0.3 is 10.2 Å². The molecule has 1 saturated carbocycles. The number of hydrogen-bond acceptors (Lipinski definition) is 5. The summed E-state index contributed by atoms with van der Waals surface area (Å²) in [7, 11) is 0. The SMILES string of the molecule is O=C1C=CC2=CN([C@@H](CC3CCCCC3)C(=O)Nc3nccs3)CC2=C1Cl. The smallest absolute Gasteiger partial charge is 0.248 e. The molecule has 1 atom stereocenters. The standard InChI is InChI=1S/C20H22ClN3O2S/c21-18-15-12-24(11-14(15)6-7-17(18)25)16(10-13-4-2-1-3-5-13)19(26)23-20-22-8-9-27-20/h6-9,11,13,16H,1-5,10,12H2,(H,22,23,26)/t16-/m0/s1. The van der Waals surface area contributed by atoms with Crippen LogP contribution in [0.3, 0.4) is 0 Å². The van der Waals surface area contributed by atoms with Crippen molar-refractivity contribution in [2.45, 2.75) is 44.6 Å². The van der Waals surface area contributed by atoms with Gasteiger partial charge in [0.05, 0.1) is 5.03 Å². The largest absolute Gasteiger partial charge is 0.361 e. The molecule has 0 bridgehead atoms. The minimum Gasteiger partial charge on any atom is -0.361 e. The second-order valence-electron chi connectivity index (χ2n) is 7.33. The molecule has 0 aromatic carbocycles. The highest BCUT2D eigenvalue weighted by Crippen LogP contribution is 2.35. The van der Waals surface area contributed by atoms with Crippen LogP contribution in [0, 0.1) is 5.92 Å². The molecule has 0 radical (unpaired) electrons. The van der Waals surface area contributed by atoms with Gasteiger partial charge >= 0.3 is 0 Å². The Bertz CT molecular complexity index is 822. The van der Waals surface area contributed by atoms with Gasteiger partial charge in [-0.3, -0.25) is 9.59 Å². The van der Waals surface area contributed by atoms with Crippen molar-refractivity contribution in [3.8, 4) is 0 Å². The minimum absolute atomic E-state index is 0.0435. The molecule has 2 aliphatic carbocycles. The molecule has 5 nitrogen and oxygen atoms in total. The Balaban J connectivity index is 1.56. The fourth-order valence-electron chi connectivity index (χ4n) is 4.11. The average Bonchev–Trinajstić information content (AvgIpc) is 3.33. The van der Waals surface area contributed by atoms with Gasteiger partial charge in [0.25, 0.3) is 0 Å². The number of carbonyl (C=O) groups excluding carboxylic acids is 2. The summed E-state index contributed by atoms with van der Waals surface area (Å²) in [6.45, 7) is 0.493. The summed E-state index contributed by atoms with van der Waals surface area (Å²) in [5, 5.41) is 5.68. The third-order valence-corrected chi connectivity index (χ3v) is 6.64. The van der Waals surface area contributed by atoms with E-state index in [4.69, 9.17) is 11.6 Å². The number of amides is 1. The number of ketones is 1. The van der Waals surface area contributed by atoms with Gasteiger partial charge in [0.15, 0.2) is 10.9 Å². The Hall–Kier alpha value is -1.92. The Labute approximate surface area is 167 Å². The van der Waals surface area contributed by atoms with Gasteiger partial charge in [-0.1, -0.05) is 43.7 Å². The summed E-state index contributed by atoms with van der Waals surface area (Å²) in [6.07, 6.45) is 13.9. The van der Waals surface area contributed by atoms with E-state index in [1.807, 2.05) is 16.5 Å². The molecule has 7 heteroatoms. The second kappa shape index (κ2) is 7.98. The lowest BCUT2D eigenvalue weighted by molar-refractivity contribution is -0.120. The number of allylic oxidation sites excluding steroid dienone is 3. The summed E-state index contributed by atoms with van der Waals surface area (Å²) in [4.78, 5) is 31.1. The molecule has 1 amide bonds. The van der Waals surface area contributed by atoms with Gasteiger partial charge in [0, 0.05) is 29.9 Å². The number of rotatable bonds is 5. The van der Waals surface area contributed by atoms with E-state index in [1.54, 1.807) is 12.3 Å². The van der Waals surface area contributed by atoms with Crippen LogP contribution < -0.4 is 5.32 Å². The van der Waals surface area contributed by atoms with Crippen LogP contribution in [0.1, 0.15) is 38.5 Å². The van der Waals surface area contributed by atoms with Crippen molar-refractivity contribution in [2.75, 3.05) is 11.9 Å². The zero-order valence-corrected chi connectivity index (χ0v) is 16.6. The first-order chi connectivity index (χ1) is 13.1. The van der Waals surface area contributed by atoms with Crippen molar-refractivity contribution in [2.24, 2.45) is 5.92 Å². The summed E-state index contributed by atoms with van der Waals surface area (Å²) in [6, 6.07) is -0.296. The molecule has 1 fully saturated rings. The van der Waals surface area contributed by atoms with E-state index in [2.05, 4.69) is 10.3 Å². The maximum absolute atomic E-state index is 13.1. The number of nitrogens with zero attached hydrogens (tertiary/aromatic N) is 2. The van der Waals surface area contributed by atoms with Crippen LogP contribution in [0.5, 0.6) is 0 Å². The summed E-state index contributed by atoms with van der Waals surface area (Å²) < 4.78 is 0. The van der Waals surface area contributed by atoms with Crippen LogP contribution in [0.2, 0.25) is 0 Å². The van der Waals surface area contributed by atoms with E-state index in [1.165, 1.54) is 49.5 Å². The number of carbonyl (C=O) groups is 2. The Kier molecular flexibility index (Phi) is 5.45. The van der Waals surface area contributed by atoms with E-state index >= 15 is 0 Å². The van der Waals surface area contributed by atoms with Crippen LogP contribution in [0.4, 0.5) is 5.13 Å². The average molecular weight is 404 g/mol. The highest BCUT2D eigenvalue weighted by molar-refractivity contribution is 7.13. The van der Waals surface area contributed by atoms with Crippen LogP contribution in [-0.4, -0.2) is 34.2 Å². The highest BCUT2D eigenvalue weighted by Gasteiger charge is 2.34. The number of halogens is 1. The molecule has 2 heterocycles. The predicted octanol–water partition coefficient (Wildman–Crippen LogP) is 4.25. The van der Waals surface area contributed by atoms with Crippen LogP contribution >= 0.6 is 22.9 Å². The number of hydrogen-bond donors (Lipinski definition) is 1. The van der Waals surface area contributed by atoms with Gasteiger partial charge in [0.2, 0.25) is 5.91 Å². The van der Waals surface area contributed by atoms with Gasteiger partial charge in [-0.25, -0.2) is 4.98 Å². The molecule has 142 valence electrons. The number of thiazole rings is 1. The molecular weight excluding hydrogens is 382 g/mol. The number of anilines is 1. The molecule has 0 unspecified atom stereocenters. The zero-order valence-electron chi connectivity index (χ0n) is 15.0. The quantitative estimate of drug-likeness (QED) is 0.798. The van der Waals surface area contributed by atoms with Crippen molar-refractivity contribution >= 4 is 39.8 Å². The fraction of sp³-hybridized carbons (Fsp3) is 0.450. The summed E-state index contributed by atoms with van der Waals surface area (Å²) >= 11 is 7.64. The monoisotopic (exact) mass is 403 g/mol. The molecule has 27 heavy (non-hydrogen) atoms. The number of aromatic nitrogens is 1. The minimum atomic E-state index is -0.296. The molecule has 3 aliphatic rings. The third kappa shape index (κ3) is 4.01. The summed E-state index contributed by atoms with van der Waals surface area (Å²) in [5.41, 5.74) is 1.75. The topological polar surface area (TPSA) is 62.3 Å². The Morgan fingerprint density at radius 1 is 1.33 bits per heavy atom. The van der Waals surface area contributed by atoms with Crippen LogP contribution in [0.25, 0.3) is 0 Å². The van der Waals surface area contributed by atoms with Crippen LogP contribution in [-0.2, 0) is 9.59 Å². The van der Waals surface area contributed by atoms with Crippen molar-refractivity contribution in [3.05, 3.63) is 46.1 Å². The second-order valence-corrected chi connectivity index (χ2v) is 8.60. The Morgan fingerprint density at radius 3 is 2.89 bits per heavy atom. The molecule has 1 N–H and O–H groups in total. The lowest BCUT2D eigenvalue weighted by Crippen LogP contribution is -2.42. The zero-order chi connectivity index (χ0) is 18.8. The number of fused-ring (bicyclic) bond motifs is 1. The van der Waals surface area contributed by atoms with E-state index in [9.17, 15) is 9.59 Å². The van der Waals surface area contributed by atoms with E-state index in [-0.39, 0.29) is 22.8 Å². The summed E-state index contributed by atoms with van der Waals surface area (Å²) in [5.74, 6) is 0.341. The normalized spacial score (nSPS) is 21.3. The molecule has 1 aliphatic heterocycles. The van der Waals surface area contributed by atoms with Gasteiger partial charge in [-0.2, -0.15) is 0 Å². The van der Waals surface area contributed by atoms with Crippen molar-refractivity contribution in [1.29, 1.82) is 0 Å². The van der Waals surface area contributed by atoms with Gasteiger partial charge in [-0.05, 0) is 30.1 Å². The third-order valence-electron chi connectivity index (χ3n) is 5.54. The molecular formula is C20H22ClN3O2S. The van der Waals surface area contributed by atoms with E-state index in [0.29, 0.717) is 17.6 Å². The predicted molar refractivity (Wildman–Crippen MR) is 108 cm³/mol. The highest BCUT2D eigenvalue weighted by atomic mass is 35.5. The first-order valence-electron chi connectivity index (χ1n) is 9.41. The first-order valence-corrected chi connectivity index (χ1v) is 10.7. The van der Waals surface area contributed by atoms with Crippen molar-refractivity contribution < 1.29 is 9.59 Å². The maximum Gasteiger partial charge on any atom is 0.248 e. The van der Waals surface area contributed by atoms with E-state index < -0.39 is 0 Å². The molecule has 1 aromatic heterocycles. The van der Waals surface area contributed by atoms with Gasteiger partial charge in [-0.15, -0.1) is 11.3 Å².